The van der Waals surface area contributed by atoms with Crippen LogP contribution in [0.3, 0.4) is 0 Å². The van der Waals surface area contributed by atoms with Crippen molar-refractivity contribution in [3.8, 4) is 0 Å². The standard InChI is InChI=1S/C43H57NO16/c1-20-26-28(48)31(49)41(11)24(46)17-25-42(19-54-25,58-21(2)45)30(41)33(56-34(50)22-15-13-12-14-16-22)43(40(26,9)10)32(57-37(53)60-43)29(20)55-35(51)27(47)23(18-38(3,4)5)44-36(52)59-39(6,7)8/h12-16,23-25,27-30,32-33,46-48H,17-19H2,1-11H3,(H,44,52)/t23-,24-,25+,27+,28+,29+,30-,32-,33-,41+,42-,43+/m0/s1. The van der Waals surface area contributed by atoms with Crippen LogP contribution in [-0.4, -0.2) is 123 Å². The van der Waals surface area contributed by atoms with Gasteiger partial charge in [0.25, 0.3) is 0 Å². The number of benzene rings is 1. The smallest absolute Gasteiger partial charge is 0.454 e. The minimum Gasteiger partial charge on any atom is -0.454 e. The number of hydrogen-bond acceptors (Lipinski definition) is 16. The number of nitrogens with one attached hydrogen (secondary N) is 1. The molecule has 1 aromatic rings. The zero-order chi connectivity index (χ0) is 44.7. The first-order valence-electron chi connectivity index (χ1n) is 20.1. The number of carbonyl (C=O) groups is 6. The first kappa shape index (κ1) is 45.0. The Kier molecular flexibility index (Phi) is 11.3. The normalized spacial score (nSPS) is 35.3. The highest BCUT2D eigenvalue weighted by Crippen LogP contribution is 2.66. The van der Waals surface area contributed by atoms with Crippen LogP contribution in [-0.2, 0) is 47.5 Å². The molecule has 0 unspecified atom stereocenters. The lowest BCUT2D eigenvalue weighted by Gasteiger charge is -2.67. The van der Waals surface area contributed by atoms with Gasteiger partial charge in [-0.2, -0.15) is 0 Å². The summed E-state index contributed by atoms with van der Waals surface area (Å²) in [7, 11) is 0. The number of aliphatic hydroxyl groups excluding tert-OH is 3. The van der Waals surface area contributed by atoms with E-state index in [0.717, 1.165) is 6.92 Å². The molecule has 0 aromatic heterocycles. The minimum absolute atomic E-state index is 0.0350. The molecule has 17 heteroatoms. The third-order valence-electron chi connectivity index (χ3n) is 12.8. The number of ether oxygens (including phenoxy) is 7. The number of rotatable bonds is 8. The highest BCUT2D eigenvalue weighted by Gasteiger charge is 2.83. The fourth-order valence-electron chi connectivity index (χ4n) is 10.3. The van der Waals surface area contributed by atoms with E-state index in [4.69, 9.17) is 33.2 Å². The number of ketones is 1. The van der Waals surface area contributed by atoms with E-state index in [1.165, 1.54) is 39.8 Å². The monoisotopic (exact) mass is 843 g/mol. The van der Waals surface area contributed by atoms with Gasteiger partial charge < -0.3 is 53.8 Å². The summed E-state index contributed by atoms with van der Waals surface area (Å²) in [6.45, 7) is 17.1. The maximum atomic E-state index is 15.1. The quantitative estimate of drug-likeness (QED) is 0.166. The summed E-state index contributed by atoms with van der Waals surface area (Å²) in [4.78, 5) is 83.4. The molecular formula is C43H57NO16. The summed E-state index contributed by atoms with van der Waals surface area (Å²) >= 11 is 0. The summed E-state index contributed by atoms with van der Waals surface area (Å²) in [6, 6.07) is 6.49. The highest BCUT2D eigenvalue weighted by atomic mass is 16.8. The van der Waals surface area contributed by atoms with Gasteiger partial charge >= 0.3 is 30.2 Å². The molecule has 6 rings (SSSR count). The van der Waals surface area contributed by atoms with E-state index in [0.29, 0.717) is 0 Å². The molecule has 5 aliphatic rings. The highest BCUT2D eigenvalue weighted by molar-refractivity contribution is 5.94. The fourth-order valence-corrected chi connectivity index (χ4v) is 10.3. The van der Waals surface area contributed by atoms with Gasteiger partial charge in [0.15, 0.2) is 35.8 Å². The molecule has 1 aromatic carbocycles. The van der Waals surface area contributed by atoms with E-state index in [1.807, 2.05) is 20.8 Å². The topological polar surface area (TPSA) is 240 Å². The SMILES string of the molecule is CC(=O)O[C@@]12CO[C@@H]1C[C@H](O)[C@@]1(C)C(=O)[C@H](O)C3=C(C)[C@@H](OC(=O)[C@H](O)[C@H](CC(C)(C)C)NC(=O)OC(C)(C)C)[C@@H]4OC(=O)O[C@]4([C@@H](OC(=O)c4ccccc4)[C@H]21)C3(C)C. The lowest BCUT2D eigenvalue weighted by molar-refractivity contribution is -0.345. The van der Waals surface area contributed by atoms with Crippen molar-refractivity contribution in [2.24, 2.45) is 22.2 Å². The minimum atomic E-state index is -2.32. The molecule has 17 nitrogen and oxygen atoms in total. The molecule has 3 aliphatic carbocycles. The van der Waals surface area contributed by atoms with Crippen molar-refractivity contribution in [1.29, 1.82) is 0 Å². The molecule has 2 saturated heterocycles. The van der Waals surface area contributed by atoms with Gasteiger partial charge in [0.2, 0.25) is 5.60 Å². The Balaban J connectivity index is 1.56. The Morgan fingerprint density at radius 2 is 1.62 bits per heavy atom. The summed E-state index contributed by atoms with van der Waals surface area (Å²) in [5, 5.41) is 38.5. The summed E-state index contributed by atoms with van der Waals surface area (Å²) in [6.07, 6.45) is -14.5. The van der Waals surface area contributed by atoms with Gasteiger partial charge in [-0.15, -0.1) is 0 Å². The summed E-state index contributed by atoms with van der Waals surface area (Å²) < 4.78 is 42.0. The number of fused-ring (bicyclic) bond motifs is 4. The van der Waals surface area contributed by atoms with E-state index >= 15 is 4.79 Å². The second-order valence-corrected chi connectivity index (χ2v) is 19.5. The predicted molar refractivity (Wildman–Crippen MR) is 207 cm³/mol. The molecule has 2 heterocycles. The van der Waals surface area contributed by atoms with Crippen LogP contribution in [0, 0.1) is 22.2 Å². The van der Waals surface area contributed by atoms with Crippen LogP contribution in [0.1, 0.15) is 99.4 Å². The molecule has 0 radical (unpaired) electrons. The molecule has 1 spiro atoms. The van der Waals surface area contributed by atoms with E-state index in [2.05, 4.69) is 5.32 Å². The lowest BCUT2D eigenvalue weighted by Crippen LogP contribution is -2.83. The van der Waals surface area contributed by atoms with Gasteiger partial charge in [-0.3, -0.25) is 9.59 Å². The largest absolute Gasteiger partial charge is 0.509 e. The molecule has 2 aliphatic heterocycles. The van der Waals surface area contributed by atoms with Gasteiger partial charge in [0, 0.05) is 18.8 Å². The maximum Gasteiger partial charge on any atom is 0.509 e. The average Bonchev–Trinajstić information content (AvgIpc) is 3.49. The first-order valence-corrected chi connectivity index (χ1v) is 20.1. The molecule has 4 N–H and O–H groups in total. The van der Waals surface area contributed by atoms with Crippen molar-refractivity contribution in [3.63, 3.8) is 0 Å². The van der Waals surface area contributed by atoms with E-state index in [9.17, 15) is 39.3 Å². The van der Waals surface area contributed by atoms with Gasteiger partial charge in [-0.25, -0.2) is 19.2 Å². The molecule has 12 atom stereocenters. The summed E-state index contributed by atoms with van der Waals surface area (Å²) in [5.74, 6) is -5.61. The Morgan fingerprint density at radius 1 is 0.983 bits per heavy atom. The number of aliphatic hydroxyl groups is 3. The van der Waals surface area contributed by atoms with Crippen LogP contribution in [0.5, 0.6) is 0 Å². The average molecular weight is 844 g/mol. The van der Waals surface area contributed by atoms with Crippen molar-refractivity contribution in [2.45, 2.75) is 155 Å². The predicted octanol–water partition coefficient (Wildman–Crippen LogP) is 3.48. The Morgan fingerprint density at radius 3 is 2.17 bits per heavy atom. The number of carbonyl (C=O) groups excluding carboxylic acids is 6. The van der Waals surface area contributed by atoms with Crippen molar-refractivity contribution < 1.29 is 77.2 Å². The number of esters is 3. The number of hydrogen-bond donors (Lipinski definition) is 4. The third-order valence-corrected chi connectivity index (χ3v) is 12.8. The van der Waals surface area contributed by atoms with Crippen LogP contribution in [0.2, 0.25) is 0 Å². The van der Waals surface area contributed by atoms with Gasteiger partial charge in [-0.1, -0.05) is 52.8 Å². The van der Waals surface area contributed by atoms with Crippen LogP contribution in [0.4, 0.5) is 9.59 Å². The molecular weight excluding hydrogens is 786 g/mol. The first-order chi connectivity index (χ1) is 27.6. The Hall–Kier alpha value is -4.58. The second-order valence-electron chi connectivity index (χ2n) is 19.5. The van der Waals surface area contributed by atoms with E-state index < -0.39 is 124 Å². The number of Topliss-reactive ketones (excluding diaryl/α,β-unsaturated/α-hetero) is 1. The van der Waals surface area contributed by atoms with Crippen LogP contribution < -0.4 is 5.32 Å². The van der Waals surface area contributed by atoms with E-state index in [-0.39, 0.29) is 36.2 Å². The van der Waals surface area contributed by atoms with Crippen molar-refractivity contribution in [3.05, 3.63) is 47.0 Å². The second kappa shape index (κ2) is 15.1. The lowest BCUT2D eigenvalue weighted by atomic mass is 9.44. The van der Waals surface area contributed by atoms with Crippen LogP contribution in [0.25, 0.3) is 0 Å². The third kappa shape index (κ3) is 7.24. The summed E-state index contributed by atoms with van der Waals surface area (Å²) in [5.41, 5.74) is -9.43. The zero-order valence-corrected chi connectivity index (χ0v) is 35.9. The fraction of sp³-hybridized carbons (Fsp3) is 0.674. The Bertz CT molecular complexity index is 1970. The van der Waals surface area contributed by atoms with Crippen molar-refractivity contribution in [2.75, 3.05) is 6.61 Å². The molecule has 4 fully saturated rings. The molecule has 2 saturated carbocycles. The van der Waals surface area contributed by atoms with Gasteiger partial charge in [-0.05, 0) is 69.7 Å². The zero-order valence-electron chi connectivity index (χ0n) is 35.9. The number of alkyl carbamates (subject to hydrolysis) is 1. The van der Waals surface area contributed by atoms with Crippen LogP contribution >= 0.6 is 0 Å². The molecule has 2 bridgehead atoms. The van der Waals surface area contributed by atoms with E-state index in [1.54, 1.807) is 39.0 Å². The van der Waals surface area contributed by atoms with Crippen molar-refractivity contribution >= 4 is 35.9 Å². The van der Waals surface area contributed by atoms with Gasteiger partial charge in [0.1, 0.15) is 17.8 Å². The molecule has 1 amide bonds. The van der Waals surface area contributed by atoms with Crippen LogP contribution in [0.15, 0.2) is 41.5 Å². The van der Waals surface area contributed by atoms with Crippen molar-refractivity contribution in [1.82, 2.24) is 5.32 Å². The van der Waals surface area contributed by atoms with Gasteiger partial charge in [0.05, 0.1) is 35.6 Å². The number of amides is 1. The molecule has 330 valence electrons. The molecule has 60 heavy (non-hydrogen) atoms. The maximum absolute atomic E-state index is 15.1. The Labute approximate surface area is 348 Å².